The van der Waals surface area contributed by atoms with Crippen molar-refractivity contribution in [2.75, 3.05) is 6.54 Å². The molecular formula is C19H16N2O2S. The number of nitrogens with one attached hydrogen (secondary N) is 2. The molecule has 3 N–H and O–H groups in total. The van der Waals surface area contributed by atoms with Crippen molar-refractivity contribution in [3.8, 4) is 11.8 Å². The van der Waals surface area contributed by atoms with Crippen LogP contribution in [-0.4, -0.2) is 22.6 Å². The number of carbonyl (C=O) groups is 1. The average Bonchev–Trinajstić information content (AvgIpc) is 2.64. The van der Waals surface area contributed by atoms with Gasteiger partial charge >= 0.3 is 0 Å². The van der Waals surface area contributed by atoms with Crippen LogP contribution in [0, 0.1) is 11.8 Å². The molecule has 0 aromatic heterocycles. The quantitative estimate of drug-likeness (QED) is 0.347. The van der Waals surface area contributed by atoms with E-state index in [4.69, 9.17) is 17.4 Å². The van der Waals surface area contributed by atoms with E-state index < -0.39 is 0 Å². The average molecular weight is 336 g/mol. The van der Waals surface area contributed by atoms with Gasteiger partial charge in [-0.15, -0.1) is 0 Å². The molecule has 5 heteroatoms. The molecular weight excluding hydrogens is 320 g/mol. The number of hydrogen-bond donors (Lipinski definition) is 3. The van der Waals surface area contributed by atoms with Gasteiger partial charge in [0.15, 0.2) is 0 Å². The Hall–Kier alpha value is -2.94. The van der Waals surface area contributed by atoms with Crippen LogP contribution in [0.25, 0.3) is 6.08 Å². The lowest BCUT2D eigenvalue weighted by Gasteiger charge is -2.00. The maximum absolute atomic E-state index is 11.7. The minimum Gasteiger partial charge on any atom is -0.342 e. The fraction of sp³-hybridized carbons (Fsp3) is 0.0526. The molecule has 0 spiro atoms. The molecule has 24 heavy (non-hydrogen) atoms. The monoisotopic (exact) mass is 336 g/mol. The van der Waals surface area contributed by atoms with E-state index in [2.05, 4.69) is 17.2 Å². The summed E-state index contributed by atoms with van der Waals surface area (Å²) in [5.74, 6) is 5.63. The maximum Gasteiger partial charge on any atom is 0.244 e. The number of rotatable bonds is 4. The van der Waals surface area contributed by atoms with E-state index in [1.807, 2.05) is 35.8 Å². The molecule has 0 saturated carbocycles. The summed E-state index contributed by atoms with van der Waals surface area (Å²) in [5, 5.41) is 11.4. The van der Waals surface area contributed by atoms with Gasteiger partial charge < -0.3 is 5.32 Å². The van der Waals surface area contributed by atoms with Crippen LogP contribution in [-0.2, 0) is 4.79 Å². The van der Waals surface area contributed by atoms with Crippen molar-refractivity contribution >= 4 is 29.2 Å². The Labute approximate surface area is 146 Å². The molecule has 0 radical (unpaired) electrons. The van der Waals surface area contributed by atoms with E-state index in [1.165, 1.54) is 6.08 Å². The highest BCUT2D eigenvalue weighted by Gasteiger charge is 1.98. The summed E-state index contributed by atoms with van der Waals surface area (Å²) in [6.45, 7) is 0.260. The van der Waals surface area contributed by atoms with Gasteiger partial charge in [0.2, 0.25) is 5.91 Å². The minimum absolute atomic E-state index is 0.192. The Bertz CT molecular complexity index is 788. The first-order valence-electron chi connectivity index (χ1n) is 7.23. The number of amides is 1. The molecule has 0 aliphatic carbocycles. The molecule has 0 aliphatic heterocycles. The van der Waals surface area contributed by atoms with Gasteiger partial charge in [0, 0.05) is 17.2 Å². The van der Waals surface area contributed by atoms with E-state index in [9.17, 15) is 4.79 Å². The fourth-order valence-electron chi connectivity index (χ4n) is 1.84. The third-order valence-electron chi connectivity index (χ3n) is 3.06. The Morgan fingerprint density at radius 1 is 1.12 bits per heavy atom. The van der Waals surface area contributed by atoms with Crippen molar-refractivity contribution in [3.05, 3.63) is 77.4 Å². The summed E-state index contributed by atoms with van der Waals surface area (Å²) >= 11 is 4.91. The first-order valence-corrected chi connectivity index (χ1v) is 7.64. The van der Waals surface area contributed by atoms with E-state index >= 15 is 0 Å². The van der Waals surface area contributed by atoms with Crippen molar-refractivity contribution in [1.29, 1.82) is 0 Å². The normalized spacial score (nSPS) is 9.88. The lowest BCUT2D eigenvalue weighted by molar-refractivity contribution is -0.116. The summed E-state index contributed by atoms with van der Waals surface area (Å²) < 4.78 is 0. The van der Waals surface area contributed by atoms with Gasteiger partial charge in [-0.1, -0.05) is 66.5 Å². The van der Waals surface area contributed by atoms with Crippen LogP contribution < -0.4 is 10.8 Å². The van der Waals surface area contributed by atoms with Gasteiger partial charge in [-0.25, -0.2) is 0 Å². The summed E-state index contributed by atoms with van der Waals surface area (Å²) in [6, 6.07) is 16.7. The second-order valence-electron chi connectivity index (χ2n) is 4.78. The van der Waals surface area contributed by atoms with Crippen LogP contribution in [0.1, 0.15) is 16.7 Å². The van der Waals surface area contributed by atoms with Crippen LogP contribution in [0.4, 0.5) is 0 Å². The third-order valence-corrected chi connectivity index (χ3v) is 3.39. The van der Waals surface area contributed by atoms with Gasteiger partial charge in [0.25, 0.3) is 0 Å². The number of hydroxylamine groups is 1. The summed E-state index contributed by atoms with van der Waals surface area (Å²) in [5.41, 5.74) is 4.40. The SMILES string of the molecule is O=C(C=Cc1ccccc1)NCC#Cc1ccc(C(=S)NO)cc1. The van der Waals surface area contributed by atoms with Crippen molar-refractivity contribution in [2.24, 2.45) is 0 Å². The molecule has 0 bridgehead atoms. The van der Waals surface area contributed by atoms with Gasteiger partial charge in [-0.05, 0) is 23.8 Å². The van der Waals surface area contributed by atoms with Crippen LogP contribution in [0.3, 0.4) is 0 Å². The van der Waals surface area contributed by atoms with E-state index in [0.29, 0.717) is 5.56 Å². The zero-order chi connectivity index (χ0) is 17.2. The van der Waals surface area contributed by atoms with Crippen molar-refractivity contribution in [1.82, 2.24) is 10.8 Å². The van der Waals surface area contributed by atoms with Crippen LogP contribution in [0.5, 0.6) is 0 Å². The lowest BCUT2D eigenvalue weighted by Crippen LogP contribution is -2.20. The second-order valence-corrected chi connectivity index (χ2v) is 5.19. The molecule has 120 valence electrons. The number of benzene rings is 2. The minimum atomic E-state index is -0.192. The number of hydrogen-bond acceptors (Lipinski definition) is 3. The van der Waals surface area contributed by atoms with E-state index in [0.717, 1.165) is 11.1 Å². The molecule has 2 aromatic rings. The summed E-state index contributed by atoms with van der Waals surface area (Å²) in [7, 11) is 0. The third kappa shape index (κ3) is 5.69. The zero-order valence-corrected chi connectivity index (χ0v) is 13.6. The smallest absolute Gasteiger partial charge is 0.244 e. The molecule has 0 aliphatic rings. The molecule has 0 saturated heterocycles. The van der Waals surface area contributed by atoms with Gasteiger partial charge in [0.05, 0.1) is 6.54 Å². The summed E-state index contributed by atoms with van der Waals surface area (Å²) in [6.07, 6.45) is 3.23. The largest absolute Gasteiger partial charge is 0.342 e. The first kappa shape index (κ1) is 17.4. The predicted molar refractivity (Wildman–Crippen MR) is 98.4 cm³/mol. The molecule has 0 atom stereocenters. The van der Waals surface area contributed by atoms with Crippen molar-refractivity contribution in [3.63, 3.8) is 0 Å². The highest BCUT2D eigenvalue weighted by atomic mass is 32.1. The first-order chi connectivity index (χ1) is 11.7. The maximum atomic E-state index is 11.7. The molecule has 2 aromatic carbocycles. The van der Waals surface area contributed by atoms with Crippen molar-refractivity contribution < 1.29 is 10.0 Å². The van der Waals surface area contributed by atoms with Gasteiger partial charge in [-0.3, -0.25) is 15.5 Å². The summed E-state index contributed by atoms with van der Waals surface area (Å²) in [4.78, 5) is 11.9. The second kappa shape index (κ2) is 9.26. The molecule has 2 rings (SSSR count). The lowest BCUT2D eigenvalue weighted by atomic mass is 10.1. The standard InChI is InChI=1S/C19H16N2O2S/c22-18(13-10-15-5-2-1-3-6-15)20-14-4-7-16-8-11-17(12-9-16)19(24)21-23/h1-3,5-6,8-13,23H,14H2,(H,20,22)(H,21,24). The Kier molecular flexibility index (Phi) is 6.72. The molecule has 0 unspecified atom stereocenters. The predicted octanol–water partition coefficient (Wildman–Crippen LogP) is 2.52. The van der Waals surface area contributed by atoms with Gasteiger partial charge in [-0.2, -0.15) is 0 Å². The number of carbonyl (C=O) groups excluding carboxylic acids is 1. The Morgan fingerprint density at radius 3 is 2.50 bits per heavy atom. The van der Waals surface area contributed by atoms with Crippen LogP contribution >= 0.6 is 12.2 Å². The number of thiocarbonyl (C=S) groups is 1. The molecule has 1 amide bonds. The zero-order valence-electron chi connectivity index (χ0n) is 12.8. The highest BCUT2D eigenvalue weighted by Crippen LogP contribution is 2.03. The molecule has 0 heterocycles. The highest BCUT2D eigenvalue weighted by molar-refractivity contribution is 7.80. The van der Waals surface area contributed by atoms with Gasteiger partial charge in [0.1, 0.15) is 4.99 Å². The van der Waals surface area contributed by atoms with E-state index in [-0.39, 0.29) is 17.4 Å². The topological polar surface area (TPSA) is 61.4 Å². The molecule has 4 nitrogen and oxygen atoms in total. The van der Waals surface area contributed by atoms with E-state index in [1.54, 1.807) is 30.3 Å². The fourth-order valence-corrected chi connectivity index (χ4v) is 1.98. The Balaban J connectivity index is 1.82. The molecule has 0 fully saturated rings. The van der Waals surface area contributed by atoms with Crippen LogP contribution in [0.2, 0.25) is 0 Å². The van der Waals surface area contributed by atoms with Crippen LogP contribution in [0.15, 0.2) is 60.7 Å². The Morgan fingerprint density at radius 2 is 1.83 bits per heavy atom. The van der Waals surface area contributed by atoms with Crippen molar-refractivity contribution in [2.45, 2.75) is 0 Å².